The molecule has 2 heterocycles. The molecule has 0 unspecified atom stereocenters. The number of halogens is 4. The van der Waals surface area contributed by atoms with Gasteiger partial charge < -0.3 is 14.4 Å². The SMILES string of the molecule is CN1CCN(c2cccc3c2cc(C(F)(F)F)n3Cc2cccc(F)c2)CC1. The summed E-state index contributed by atoms with van der Waals surface area (Å²) in [5.74, 6) is -0.458. The molecule has 1 saturated heterocycles. The zero-order chi connectivity index (χ0) is 19.9. The van der Waals surface area contributed by atoms with E-state index in [-0.39, 0.29) is 6.54 Å². The zero-order valence-electron chi connectivity index (χ0n) is 15.5. The van der Waals surface area contributed by atoms with E-state index < -0.39 is 17.7 Å². The van der Waals surface area contributed by atoms with Crippen LogP contribution in [0.4, 0.5) is 23.2 Å². The lowest BCUT2D eigenvalue weighted by Gasteiger charge is -2.34. The summed E-state index contributed by atoms with van der Waals surface area (Å²) < 4.78 is 56.1. The number of piperazine rings is 1. The highest BCUT2D eigenvalue weighted by Crippen LogP contribution is 2.38. The minimum Gasteiger partial charge on any atom is -0.368 e. The van der Waals surface area contributed by atoms with Crippen LogP contribution in [0.1, 0.15) is 11.3 Å². The van der Waals surface area contributed by atoms with Crippen LogP contribution in [-0.4, -0.2) is 42.7 Å². The van der Waals surface area contributed by atoms with Crippen molar-refractivity contribution in [2.24, 2.45) is 0 Å². The van der Waals surface area contributed by atoms with Gasteiger partial charge in [0.05, 0.1) is 5.52 Å². The molecule has 28 heavy (non-hydrogen) atoms. The highest BCUT2D eigenvalue weighted by Gasteiger charge is 2.36. The van der Waals surface area contributed by atoms with Gasteiger partial charge in [-0.1, -0.05) is 18.2 Å². The molecule has 1 aliphatic rings. The standard InChI is InChI=1S/C21H21F4N3/c1-26-8-10-27(11-9-26)18-6-3-7-19-17(18)13-20(21(23,24)25)28(19)14-15-4-2-5-16(22)12-15/h2-7,12-13H,8-11,14H2,1H3. The van der Waals surface area contributed by atoms with Crippen LogP contribution in [0.25, 0.3) is 10.9 Å². The third kappa shape index (κ3) is 3.58. The Hall–Kier alpha value is -2.54. The minimum atomic E-state index is -4.49. The van der Waals surface area contributed by atoms with Crippen molar-refractivity contribution < 1.29 is 17.6 Å². The minimum absolute atomic E-state index is 0.0394. The summed E-state index contributed by atoms with van der Waals surface area (Å²) >= 11 is 0. The predicted octanol–water partition coefficient (Wildman–Crippen LogP) is 4.60. The summed E-state index contributed by atoms with van der Waals surface area (Å²) in [6.07, 6.45) is -4.49. The molecule has 0 aliphatic carbocycles. The van der Waals surface area contributed by atoms with Crippen molar-refractivity contribution in [3.63, 3.8) is 0 Å². The summed E-state index contributed by atoms with van der Waals surface area (Å²) in [6, 6.07) is 12.3. The van der Waals surface area contributed by atoms with Crippen LogP contribution in [0.15, 0.2) is 48.5 Å². The average Bonchev–Trinajstić information content (AvgIpc) is 3.02. The van der Waals surface area contributed by atoms with Gasteiger partial charge in [-0.25, -0.2) is 4.39 Å². The number of anilines is 1. The van der Waals surface area contributed by atoms with Crippen molar-refractivity contribution in [1.82, 2.24) is 9.47 Å². The summed E-state index contributed by atoms with van der Waals surface area (Å²) in [7, 11) is 2.04. The van der Waals surface area contributed by atoms with Gasteiger partial charge in [0.25, 0.3) is 0 Å². The normalized spacial score (nSPS) is 16.1. The maximum Gasteiger partial charge on any atom is 0.431 e. The number of nitrogens with zero attached hydrogens (tertiary/aromatic N) is 3. The second kappa shape index (κ2) is 7.13. The van der Waals surface area contributed by atoms with Crippen LogP contribution in [-0.2, 0) is 12.7 Å². The van der Waals surface area contributed by atoms with Crippen molar-refractivity contribution in [2.75, 3.05) is 38.1 Å². The third-order valence-electron chi connectivity index (χ3n) is 5.29. The van der Waals surface area contributed by atoms with Gasteiger partial charge in [-0.15, -0.1) is 0 Å². The largest absolute Gasteiger partial charge is 0.431 e. The molecule has 1 fully saturated rings. The number of alkyl halides is 3. The van der Waals surface area contributed by atoms with Crippen LogP contribution in [0, 0.1) is 5.82 Å². The Bertz CT molecular complexity index is 985. The van der Waals surface area contributed by atoms with E-state index in [2.05, 4.69) is 9.80 Å². The predicted molar refractivity (Wildman–Crippen MR) is 102 cm³/mol. The number of rotatable bonds is 3. The summed E-state index contributed by atoms with van der Waals surface area (Å²) in [5.41, 5.74) is 1.10. The number of likely N-dealkylation sites (N-methyl/N-ethyl adjacent to an activating group) is 1. The van der Waals surface area contributed by atoms with Gasteiger partial charge in [0.2, 0.25) is 0 Å². The average molecular weight is 391 g/mol. The van der Waals surface area contributed by atoms with Gasteiger partial charge in [0.1, 0.15) is 11.5 Å². The molecule has 7 heteroatoms. The van der Waals surface area contributed by atoms with E-state index >= 15 is 0 Å². The summed E-state index contributed by atoms with van der Waals surface area (Å²) in [6.45, 7) is 3.24. The highest BCUT2D eigenvalue weighted by molar-refractivity contribution is 5.94. The lowest BCUT2D eigenvalue weighted by atomic mass is 10.1. The topological polar surface area (TPSA) is 11.4 Å². The van der Waals surface area contributed by atoms with Crippen LogP contribution in [0.3, 0.4) is 0 Å². The Morgan fingerprint density at radius 3 is 2.32 bits per heavy atom. The molecule has 0 amide bonds. The van der Waals surface area contributed by atoms with Crippen molar-refractivity contribution >= 4 is 16.6 Å². The van der Waals surface area contributed by atoms with Crippen molar-refractivity contribution in [3.05, 3.63) is 65.6 Å². The second-order valence-electron chi connectivity index (χ2n) is 7.24. The van der Waals surface area contributed by atoms with Crippen LogP contribution >= 0.6 is 0 Å². The molecule has 3 aromatic rings. The second-order valence-corrected chi connectivity index (χ2v) is 7.24. The molecule has 1 aliphatic heterocycles. The highest BCUT2D eigenvalue weighted by atomic mass is 19.4. The maximum absolute atomic E-state index is 13.8. The first kappa shape index (κ1) is 18.8. The Morgan fingerprint density at radius 2 is 1.64 bits per heavy atom. The molecule has 2 aromatic carbocycles. The molecule has 0 radical (unpaired) electrons. The molecule has 0 spiro atoms. The maximum atomic E-state index is 13.8. The van der Waals surface area contributed by atoms with E-state index in [1.807, 2.05) is 13.1 Å². The quantitative estimate of drug-likeness (QED) is 0.605. The fourth-order valence-corrected chi connectivity index (χ4v) is 3.82. The molecule has 0 saturated carbocycles. The van der Waals surface area contributed by atoms with Gasteiger partial charge in [0.15, 0.2) is 0 Å². The number of hydrogen-bond donors (Lipinski definition) is 0. The van der Waals surface area contributed by atoms with Crippen molar-refractivity contribution in [2.45, 2.75) is 12.7 Å². The van der Waals surface area contributed by atoms with E-state index in [9.17, 15) is 17.6 Å². The zero-order valence-corrected chi connectivity index (χ0v) is 15.5. The molecule has 3 nitrogen and oxygen atoms in total. The number of fused-ring (bicyclic) bond motifs is 1. The van der Waals surface area contributed by atoms with Gasteiger partial charge in [0, 0.05) is 43.8 Å². The van der Waals surface area contributed by atoms with Crippen molar-refractivity contribution in [3.8, 4) is 0 Å². The molecule has 0 bridgehead atoms. The van der Waals surface area contributed by atoms with E-state index in [0.29, 0.717) is 16.5 Å². The lowest BCUT2D eigenvalue weighted by molar-refractivity contribution is -0.143. The fourth-order valence-electron chi connectivity index (χ4n) is 3.82. The first-order valence-corrected chi connectivity index (χ1v) is 9.20. The Morgan fingerprint density at radius 1 is 0.929 bits per heavy atom. The molecule has 0 N–H and O–H groups in total. The van der Waals surface area contributed by atoms with Gasteiger partial charge in [-0.2, -0.15) is 13.2 Å². The van der Waals surface area contributed by atoms with E-state index in [0.717, 1.165) is 31.9 Å². The first-order valence-electron chi connectivity index (χ1n) is 9.20. The summed E-state index contributed by atoms with van der Waals surface area (Å²) in [5, 5.41) is 0.579. The third-order valence-corrected chi connectivity index (χ3v) is 5.29. The smallest absolute Gasteiger partial charge is 0.368 e. The molecule has 0 atom stereocenters. The Kier molecular flexibility index (Phi) is 4.79. The summed E-state index contributed by atoms with van der Waals surface area (Å²) in [4.78, 5) is 4.34. The first-order chi connectivity index (χ1) is 13.3. The van der Waals surface area contributed by atoms with E-state index in [1.54, 1.807) is 18.2 Å². The molecule has 4 rings (SSSR count). The molecule has 1 aromatic heterocycles. The van der Waals surface area contributed by atoms with Crippen LogP contribution in [0.2, 0.25) is 0 Å². The fraction of sp³-hybridized carbons (Fsp3) is 0.333. The molecular weight excluding hydrogens is 370 g/mol. The number of hydrogen-bond acceptors (Lipinski definition) is 2. The Balaban J connectivity index is 1.82. The van der Waals surface area contributed by atoms with Crippen molar-refractivity contribution in [1.29, 1.82) is 0 Å². The Labute approximate surface area is 160 Å². The number of aromatic nitrogens is 1. The van der Waals surface area contributed by atoms with Crippen LogP contribution < -0.4 is 4.90 Å². The number of benzene rings is 2. The van der Waals surface area contributed by atoms with E-state index in [4.69, 9.17) is 0 Å². The lowest BCUT2D eigenvalue weighted by Crippen LogP contribution is -2.44. The van der Waals surface area contributed by atoms with E-state index in [1.165, 1.54) is 28.8 Å². The van der Waals surface area contributed by atoms with Gasteiger partial charge in [-0.3, -0.25) is 0 Å². The molecular formula is C21H21F4N3. The van der Waals surface area contributed by atoms with Gasteiger partial charge in [-0.05, 0) is 42.9 Å². The molecule has 148 valence electrons. The van der Waals surface area contributed by atoms with Gasteiger partial charge >= 0.3 is 6.18 Å². The van der Waals surface area contributed by atoms with Crippen LogP contribution in [0.5, 0.6) is 0 Å². The monoisotopic (exact) mass is 391 g/mol.